The number of nitrogens with one attached hydrogen (secondary N) is 1. The number of aromatic amines is 1. The van der Waals surface area contributed by atoms with E-state index in [4.69, 9.17) is 11.6 Å². The standard InChI is InChI=1S/C22H15ClFN7O2/c23-14-1-4-19(30-11-25-28-29-30)16(8-14)13-7-12-5-6-22(32,20(12)31(33)10-13)21-26-17-3-2-15(24)9-18(17)27-21/h1-4,7-11,32H,5-6H2,(H,26,27). The second kappa shape index (κ2) is 7.06. The van der Waals surface area contributed by atoms with Crippen molar-refractivity contribution in [2.45, 2.75) is 18.4 Å². The Balaban J connectivity index is 1.49. The molecule has 0 saturated carbocycles. The van der Waals surface area contributed by atoms with Gasteiger partial charge in [0.2, 0.25) is 11.3 Å². The lowest BCUT2D eigenvalue weighted by molar-refractivity contribution is -0.620. The number of rotatable bonds is 3. The zero-order valence-corrected chi connectivity index (χ0v) is 17.7. The third-order valence-electron chi connectivity index (χ3n) is 5.96. The molecule has 3 heterocycles. The monoisotopic (exact) mass is 463 g/mol. The highest BCUT2D eigenvalue weighted by Gasteiger charge is 2.48. The Kier molecular flexibility index (Phi) is 4.23. The Morgan fingerprint density at radius 3 is 2.91 bits per heavy atom. The van der Waals surface area contributed by atoms with Gasteiger partial charge in [-0.1, -0.05) is 11.6 Å². The predicted octanol–water partition coefficient (Wildman–Crippen LogP) is 2.81. The minimum atomic E-state index is -1.63. The van der Waals surface area contributed by atoms with Gasteiger partial charge in [-0.05, 0) is 65.7 Å². The molecule has 1 aliphatic carbocycles. The number of halogens is 2. The molecular weight excluding hydrogens is 449 g/mol. The average Bonchev–Trinajstić information content (AvgIpc) is 3.53. The van der Waals surface area contributed by atoms with Gasteiger partial charge in [-0.3, -0.25) is 0 Å². The van der Waals surface area contributed by atoms with Gasteiger partial charge in [0.05, 0.1) is 16.7 Å². The van der Waals surface area contributed by atoms with Gasteiger partial charge in [0.1, 0.15) is 12.1 Å². The third-order valence-corrected chi connectivity index (χ3v) is 6.19. The van der Waals surface area contributed by atoms with Crippen LogP contribution in [-0.2, 0) is 12.0 Å². The van der Waals surface area contributed by atoms with Gasteiger partial charge >= 0.3 is 0 Å². The Morgan fingerprint density at radius 1 is 1.21 bits per heavy atom. The van der Waals surface area contributed by atoms with Crippen molar-refractivity contribution in [3.63, 3.8) is 0 Å². The van der Waals surface area contributed by atoms with Crippen LogP contribution in [0.15, 0.2) is 55.0 Å². The lowest BCUT2D eigenvalue weighted by Gasteiger charge is -2.20. The van der Waals surface area contributed by atoms with E-state index < -0.39 is 11.4 Å². The van der Waals surface area contributed by atoms with E-state index in [0.717, 1.165) is 0 Å². The lowest BCUT2D eigenvalue weighted by Crippen LogP contribution is -2.42. The van der Waals surface area contributed by atoms with Crippen LogP contribution in [0.25, 0.3) is 27.8 Å². The van der Waals surface area contributed by atoms with Gasteiger partial charge in [0.15, 0.2) is 12.0 Å². The first kappa shape index (κ1) is 19.8. The van der Waals surface area contributed by atoms with Crippen molar-refractivity contribution >= 4 is 22.6 Å². The maximum atomic E-state index is 13.6. The molecule has 1 unspecified atom stereocenters. The number of aliphatic hydroxyl groups is 1. The minimum absolute atomic E-state index is 0.191. The predicted molar refractivity (Wildman–Crippen MR) is 116 cm³/mol. The first-order chi connectivity index (χ1) is 15.9. The molecule has 5 aromatic rings. The van der Waals surface area contributed by atoms with Crippen molar-refractivity contribution in [2.75, 3.05) is 0 Å². The number of aromatic nitrogens is 7. The molecule has 0 saturated heterocycles. The van der Waals surface area contributed by atoms with E-state index in [1.807, 2.05) is 6.07 Å². The van der Waals surface area contributed by atoms with Gasteiger partial charge in [0.25, 0.3) is 0 Å². The number of imidazole rings is 1. The molecule has 0 spiro atoms. The van der Waals surface area contributed by atoms with Crippen molar-refractivity contribution < 1.29 is 14.2 Å². The summed E-state index contributed by atoms with van der Waals surface area (Å²) in [5.41, 5.74) is 2.12. The van der Waals surface area contributed by atoms with Crippen LogP contribution >= 0.6 is 11.6 Å². The highest BCUT2D eigenvalue weighted by atomic mass is 35.5. The molecule has 1 atom stereocenters. The van der Waals surface area contributed by atoms with Gasteiger partial charge in [-0.2, -0.15) is 9.41 Å². The maximum absolute atomic E-state index is 13.6. The summed E-state index contributed by atoms with van der Waals surface area (Å²) in [6.45, 7) is 0. The van der Waals surface area contributed by atoms with E-state index in [1.165, 1.54) is 35.4 Å². The van der Waals surface area contributed by atoms with Crippen molar-refractivity contribution in [1.82, 2.24) is 30.2 Å². The highest BCUT2D eigenvalue weighted by molar-refractivity contribution is 6.31. The summed E-state index contributed by atoms with van der Waals surface area (Å²) < 4.78 is 15.7. The largest absolute Gasteiger partial charge is 0.618 e. The van der Waals surface area contributed by atoms with E-state index in [9.17, 15) is 14.7 Å². The van der Waals surface area contributed by atoms with Crippen LogP contribution in [0.2, 0.25) is 5.02 Å². The van der Waals surface area contributed by atoms with Crippen LogP contribution in [0.5, 0.6) is 0 Å². The van der Waals surface area contributed by atoms with Crippen LogP contribution in [0.1, 0.15) is 23.5 Å². The minimum Gasteiger partial charge on any atom is -0.618 e. The molecule has 0 bridgehead atoms. The molecule has 6 rings (SSSR count). The van der Waals surface area contributed by atoms with Crippen molar-refractivity contribution in [1.29, 1.82) is 0 Å². The van der Waals surface area contributed by atoms with Gasteiger partial charge in [-0.25, -0.2) is 9.37 Å². The van der Waals surface area contributed by atoms with Crippen LogP contribution in [0, 0.1) is 11.0 Å². The number of tetrazole rings is 1. The van der Waals surface area contributed by atoms with Crippen molar-refractivity contribution in [2.24, 2.45) is 0 Å². The zero-order valence-electron chi connectivity index (χ0n) is 16.9. The summed E-state index contributed by atoms with van der Waals surface area (Å²) in [5, 5.41) is 36.5. The Labute approximate surface area is 190 Å². The number of benzene rings is 2. The molecule has 2 N–H and O–H groups in total. The number of pyridine rings is 1. The third kappa shape index (κ3) is 3.06. The fraction of sp³-hybridized carbons (Fsp3) is 0.136. The molecule has 11 heteroatoms. The Bertz CT molecular complexity index is 1540. The normalized spacial score (nSPS) is 17.5. The van der Waals surface area contributed by atoms with Crippen LogP contribution in [0.4, 0.5) is 4.39 Å². The molecule has 0 fully saturated rings. The number of nitrogens with zero attached hydrogens (tertiary/aromatic N) is 6. The molecule has 0 amide bonds. The molecule has 0 aliphatic heterocycles. The summed E-state index contributed by atoms with van der Waals surface area (Å²) in [7, 11) is 0. The zero-order chi connectivity index (χ0) is 22.7. The van der Waals surface area contributed by atoms with Gasteiger partial charge < -0.3 is 15.3 Å². The molecule has 3 aromatic heterocycles. The van der Waals surface area contributed by atoms with E-state index in [0.29, 0.717) is 49.6 Å². The highest BCUT2D eigenvalue weighted by Crippen LogP contribution is 2.41. The van der Waals surface area contributed by atoms with E-state index >= 15 is 0 Å². The quantitative estimate of drug-likeness (QED) is 0.313. The van der Waals surface area contributed by atoms with E-state index in [2.05, 4.69) is 25.5 Å². The number of hydrogen-bond donors (Lipinski definition) is 2. The summed E-state index contributed by atoms with van der Waals surface area (Å²) in [4.78, 5) is 7.39. The molecule has 2 aromatic carbocycles. The second-order valence-corrected chi connectivity index (χ2v) is 8.39. The fourth-order valence-corrected chi connectivity index (χ4v) is 4.64. The molecule has 1 aliphatic rings. The second-order valence-electron chi connectivity index (χ2n) is 7.95. The summed E-state index contributed by atoms with van der Waals surface area (Å²) in [6, 6.07) is 11.2. The Hall–Kier alpha value is -3.89. The first-order valence-electron chi connectivity index (χ1n) is 10.1. The maximum Gasteiger partial charge on any atom is 0.235 e. The van der Waals surface area contributed by atoms with Crippen molar-refractivity contribution in [3.05, 3.63) is 88.1 Å². The summed E-state index contributed by atoms with van der Waals surface area (Å²) in [6.07, 6.45) is 3.55. The topological polar surface area (TPSA) is 119 Å². The summed E-state index contributed by atoms with van der Waals surface area (Å²) in [5.74, 6) is -0.212. The number of fused-ring (bicyclic) bond motifs is 2. The van der Waals surface area contributed by atoms with E-state index in [1.54, 1.807) is 18.2 Å². The fourth-order valence-electron chi connectivity index (χ4n) is 4.46. The molecule has 9 nitrogen and oxygen atoms in total. The lowest BCUT2D eigenvalue weighted by atomic mass is 9.98. The van der Waals surface area contributed by atoms with Crippen LogP contribution < -0.4 is 4.73 Å². The molecule has 164 valence electrons. The summed E-state index contributed by atoms with van der Waals surface area (Å²) >= 11 is 6.24. The number of hydrogen-bond acceptors (Lipinski definition) is 6. The molecular formula is C22H15ClFN7O2. The molecule has 0 radical (unpaired) electrons. The first-order valence-corrected chi connectivity index (χ1v) is 10.5. The average molecular weight is 464 g/mol. The molecule has 33 heavy (non-hydrogen) atoms. The van der Waals surface area contributed by atoms with Gasteiger partial charge in [-0.15, -0.1) is 5.10 Å². The van der Waals surface area contributed by atoms with E-state index in [-0.39, 0.29) is 17.9 Å². The smallest absolute Gasteiger partial charge is 0.235 e. The SMILES string of the molecule is [O-][n+]1cc(-c2cc(Cl)ccc2-n2cnnn2)cc2c1C(O)(c1nc3ccc(F)cc3[nH]1)CC2. The van der Waals surface area contributed by atoms with Crippen LogP contribution in [0.3, 0.4) is 0 Å². The Morgan fingerprint density at radius 2 is 2.09 bits per heavy atom. The van der Waals surface area contributed by atoms with Gasteiger partial charge in [0, 0.05) is 21.7 Å². The van der Waals surface area contributed by atoms with Crippen molar-refractivity contribution in [3.8, 4) is 16.8 Å². The van der Waals surface area contributed by atoms with Crippen LogP contribution in [-0.4, -0.2) is 35.3 Å². The number of aryl methyl sites for hydroxylation is 1. The number of H-pyrrole nitrogens is 1.